The molecular weight excluding hydrogens is 336 g/mol. The highest BCUT2D eigenvalue weighted by Gasteiger charge is 2.19. The summed E-state index contributed by atoms with van der Waals surface area (Å²) in [6.45, 7) is 3.14. The number of amides is 1. The predicted octanol–water partition coefficient (Wildman–Crippen LogP) is 4.15. The van der Waals surface area contributed by atoms with Gasteiger partial charge in [-0.05, 0) is 37.3 Å². The minimum atomic E-state index is -0.702. The Hall–Kier alpha value is -2.47. The standard InChI is InChI=1S/C17H14ClF2N3O/c1-9(21-10(2)24)17-22-15-4-3-11(18)5-16(15)23(17)14-7-12(19)6-13(20)8-14/h3-9H,1-2H3,(H,21,24). The SMILES string of the molecule is CC(=O)NC(C)c1nc2ccc(Cl)cc2n1-c1cc(F)cc(F)c1. The second-order valence-corrected chi connectivity index (χ2v) is 5.92. The van der Waals surface area contributed by atoms with E-state index in [0.29, 0.717) is 21.9 Å². The summed E-state index contributed by atoms with van der Waals surface area (Å²) in [5, 5.41) is 3.20. The number of halogens is 3. The van der Waals surface area contributed by atoms with E-state index in [9.17, 15) is 13.6 Å². The number of aromatic nitrogens is 2. The molecular formula is C17H14ClF2N3O. The molecule has 1 N–H and O–H groups in total. The lowest BCUT2D eigenvalue weighted by Crippen LogP contribution is -2.26. The fourth-order valence-electron chi connectivity index (χ4n) is 2.67. The third-order valence-electron chi connectivity index (χ3n) is 3.56. The van der Waals surface area contributed by atoms with Crippen LogP contribution in [-0.4, -0.2) is 15.5 Å². The van der Waals surface area contributed by atoms with Crippen molar-refractivity contribution in [3.05, 3.63) is 58.9 Å². The second-order valence-electron chi connectivity index (χ2n) is 5.49. The quantitative estimate of drug-likeness (QED) is 0.772. The van der Waals surface area contributed by atoms with Crippen molar-refractivity contribution in [1.29, 1.82) is 0 Å². The summed E-state index contributed by atoms with van der Waals surface area (Å²) in [7, 11) is 0. The average Bonchev–Trinajstić information content (AvgIpc) is 2.84. The van der Waals surface area contributed by atoms with Gasteiger partial charge in [0.05, 0.1) is 22.8 Å². The molecule has 4 nitrogen and oxygen atoms in total. The van der Waals surface area contributed by atoms with Crippen LogP contribution >= 0.6 is 11.6 Å². The van der Waals surface area contributed by atoms with Gasteiger partial charge in [-0.15, -0.1) is 0 Å². The van der Waals surface area contributed by atoms with E-state index in [1.54, 1.807) is 29.7 Å². The molecule has 7 heteroatoms. The Balaban J connectivity index is 2.29. The van der Waals surface area contributed by atoms with Crippen molar-refractivity contribution >= 4 is 28.5 Å². The highest BCUT2D eigenvalue weighted by molar-refractivity contribution is 6.31. The highest BCUT2D eigenvalue weighted by atomic mass is 35.5. The summed E-state index contributed by atoms with van der Waals surface area (Å²) < 4.78 is 28.9. The van der Waals surface area contributed by atoms with Crippen molar-refractivity contribution in [2.45, 2.75) is 19.9 Å². The van der Waals surface area contributed by atoms with E-state index in [0.717, 1.165) is 6.07 Å². The number of hydrogen-bond acceptors (Lipinski definition) is 2. The normalized spacial score (nSPS) is 12.4. The molecule has 0 radical (unpaired) electrons. The molecule has 24 heavy (non-hydrogen) atoms. The maximum Gasteiger partial charge on any atom is 0.217 e. The molecule has 0 saturated carbocycles. The highest BCUT2D eigenvalue weighted by Crippen LogP contribution is 2.28. The molecule has 0 aliphatic heterocycles. The third kappa shape index (κ3) is 3.10. The first-order valence-corrected chi connectivity index (χ1v) is 7.64. The Morgan fingerprint density at radius 1 is 1.21 bits per heavy atom. The molecule has 124 valence electrons. The molecule has 3 aromatic rings. The van der Waals surface area contributed by atoms with E-state index >= 15 is 0 Å². The van der Waals surface area contributed by atoms with Crippen molar-refractivity contribution in [3.63, 3.8) is 0 Å². The van der Waals surface area contributed by atoms with Gasteiger partial charge in [0.25, 0.3) is 0 Å². The zero-order chi connectivity index (χ0) is 17.4. The van der Waals surface area contributed by atoms with Crippen LogP contribution in [0.3, 0.4) is 0 Å². The number of hydrogen-bond donors (Lipinski definition) is 1. The smallest absolute Gasteiger partial charge is 0.217 e. The van der Waals surface area contributed by atoms with Gasteiger partial charge in [-0.25, -0.2) is 13.8 Å². The van der Waals surface area contributed by atoms with E-state index in [-0.39, 0.29) is 11.6 Å². The number of fused-ring (bicyclic) bond motifs is 1. The Bertz CT molecular complexity index is 919. The van der Waals surface area contributed by atoms with E-state index in [2.05, 4.69) is 10.3 Å². The van der Waals surface area contributed by atoms with Gasteiger partial charge in [-0.2, -0.15) is 0 Å². The van der Waals surface area contributed by atoms with E-state index in [1.807, 2.05) is 0 Å². The zero-order valence-electron chi connectivity index (χ0n) is 13.0. The van der Waals surface area contributed by atoms with Crippen LogP contribution in [0.15, 0.2) is 36.4 Å². The number of nitrogens with zero attached hydrogens (tertiary/aromatic N) is 2. The van der Waals surface area contributed by atoms with Crippen molar-refractivity contribution in [2.75, 3.05) is 0 Å². The van der Waals surface area contributed by atoms with E-state index in [1.165, 1.54) is 19.1 Å². The molecule has 2 aromatic carbocycles. The van der Waals surface area contributed by atoms with Crippen molar-refractivity contribution in [1.82, 2.24) is 14.9 Å². The van der Waals surface area contributed by atoms with Gasteiger partial charge in [0.1, 0.15) is 17.5 Å². The zero-order valence-corrected chi connectivity index (χ0v) is 13.7. The van der Waals surface area contributed by atoms with Crippen molar-refractivity contribution < 1.29 is 13.6 Å². The van der Waals surface area contributed by atoms with Crippen molar-refractivity contribution in [2.24, 2.45) is 0 Å². The summed E-state index contributed by atoms with van der Waals surface area (Å²) >= 11 is 6.05. The van der Waals surface area contributed by atoms with Crippen LogP contribution < -0.4 is 5.32 Å². The van der Waals surface area contributed by atoms with Gasteiger partial charge in [0.2, 0.25) is 5.91 Å². The van der Waals surface area contributed by atoms with Crippen LogP contribution in [0.4, 0.5) is 8.78 Å². The molecule has 1 unspecified atom stereocenters. The maximum atomic E-state index is 13.7. The molecule has 0 bridgehead atoms. The summed E-state index contributed by atoms with van der Waals surface area (Å²) in [6, 6.07) is 7.81. The number of benzene rings is 2. The topological polar surface area (TPSA) is 46.9 Å². The Morgan fingerprint density at radius 3 is 2.50 bits per heavy atom. The van der Waals surface area contributed by atoms with Gasteiger partial charge in [-0.1, -0.05) is 11.6 Å². The van der Waals surface area contributed by atoms with Gasteiger partial charge >= 0.3 is 0 Å². The third-order valence-corrected chi connectivity index (χ3v) is 3.79. The first kappa shape index (κ1) is 16.4. The number of rotatable bonds is 3. The van der Waals surface area contributed by atoms with Crippen LogP contribution in [0, 0.1) is 11.6 Å². The van der Waals surface area contributed by atoms with Crippen LogP contribution in [-0.2, 0) is 4.79 Å². The van der Waals surface area contributed by atoms with Gasteiger partial charge < -0.3 is 5.32 Å². The van der Waals surface area contributed by atoms with Gasteiger partial charge in [-0.3, -0.25) is 9.36 Å². The minimum Gasteiger partial charge on any atom is -0.347 e. The molecule has 0 aliphatic rings. The lowest BCUT2D eigenvalue weighted by molar-refractivity contribution is -0.119. The van der Waals surface area contributed by atoms with Crippen molar-refractivity contribution in [3.8, 4) is 5.69 Å². The van der Waals surface area contributed by atoms with Crippen LogP contribution in [0.5, 0.6) is 0 Å². The number of nitrogens with one attached hydrogen (secondary N) is 1. The molecule has 1 atom stereocenters. The summed E-state index contributed by atoms with van der Waals surface area (Å²) in [5.41, 5.74) is 1.47. The second kappa shape index (κ2) is 6.20. The Kier molecular flexibility index (Phi) is 4.24. The molecule has 0 spiro atoms. The number of imidazole rings is 1. The van der Waals surface area contributed by atoms with Crippen LogP contribution in [0.2, 0.25) is 5.02 Å². The van der Waals surface area contributed by atoms with E-state index < -0.39 is 17.7 Å². The van der Waals surface area contributed by atoms with Crippen LogP contribution in [0.25, 0.3) is 16.7 Å². The van der Waals surface area contributed by atoms with Gasteiger partial charge in [0.15, 0.2) is 0 Å². The lowest BCUT2D eigenvalue weighted by atomic mass is 10.2. The molecule has 0 fully saturated rings. The largest absolute Gasteiger partial charge is 0.347 e. The Morgan fingerprint density at radius 2 is 1.88 bits per heavy atom. The fourth-order valence-corrected chi connectivity index (χ4v) is 2.83. The summed E-state index contributed by atoms with van der Waals surface area (Å²) in [6.07, 6.45) is 0. The summed E-state index contributed by atoms with van der Waals surface area (Å²) in [4.78, 5) is 15.9. The van der Waals surface area contributed by atoms with E-state index in [4.69, 9.17) is 11.6 Å². The Labute approximate surface area is 142 Å². The number of carbonyl (C=O) groups excluding carboxylic acids is 1. The van der Waals surface area contributed by atoms with Gasteiger partial charge in [0, 0.05) is 18.0 Å². The molecule has 1 aromatic heterocycles. The predicted molar refractivity (Wildman–Crippen MR) is 88.2 cm³/mol. The molecule has 0 saturated heterocycles. The minimum absolute atomic E-state index is 0.232. The first-order valence-electron chi connectivity index (χ1n) is 7.26. The molecule has 0 aliphatic carbocycles. The molecule has 1 amide bonds. The maximum absolute atomic E-state index is 13.7. The molecule has 1 heterocycles. The lowest BCUT2D eigenvalue weighted by Gasteiger charge is -2.15. The van der Waals surface area contributed by atoms with Crippen LogP contribution in [0.1, 0.15) is 25.7 Å². The number of carbonyl (C=O) groups is 1. The monoisotopic (exact) mass is 349 g/mol. The first-order chi connectivity index (χ1) is 11.3. The molecule has 3 rings (SSSR count). The summed E-state index contributed by atoms with van der Waals surface area (Å²) in [5.74, 6) is -1.18. The average molecular weight is 350 g/mol. The fraction of sp³-hybridized carbons (Fsp3) is 0.176.